The minimum atomic E-state index is 0.585. The smallest absolute Gasteiger partial charge is 0.166 e. The number of para-hydroxylation sites is 3. The lowest BCUT2D eigenvalue weighted by Gasteiger charge is -2.17. The van der Waals surface area contributed by atoms with Gasteiger partial charge in [-0.1, -0.05) is 194 Å². The molecule has 0 amide bonds. The molecule has 0 aliphatic rings. The molecule has 5 nitrogen and oxygen atoms in total. The van der Waals surface area contributed by atoms with E-state index < -0.39 is 0 Å². The summed E-state index contributed by atoms with van der Waals surface area (Å²) >= 11 is 0. The predicted octanol–water partition coefficient (Wildman–Crippen LogP) is 16.1. The van der Waals surface area contributed by atoms with Crippen LogP contribution in [0.2, 0.25) is 0 Å². The summed E-state index contributed by atoms with van der Waals surface area (Å²) in [7, 11) is 0. The van der Waals surface area contributed by atoms with Gasteiger partial charge in [-0.25, -0.2) is 15.0 Å². The molecule has 0 fully saturated rings. The first-order valence-electron chi connectivity index (χ1n) is 23.0. The minimum absolute atomic E-state index is 0.585. The van der Waals surface area contributed by atoms with E-state index in [1.54, 1.807) is 0 Å². The van der Waals surface area contributed by atoms with Crippen LogP contribution >= 0.6 is 0 Å². The van der Waals surface area contributed by atoms with Gasteiger partial charge in [-0.3, -0.25) is 0 Å². The molecule has 3 aromatic heterocycles. The van der Waals surface area contributed by atoms with Crippen molar-refractivity contribution < 1.29 is 0 Å². The molecule has 318 valence electrons. The van der Waals surface area contributed by atoms with Crippen LogP contribution in [0, 0.1) is 0 Å². The van der Waals surface area contributed by atoms with Gasteiger partial charge in [0.25, 0.3) is 0 Å². The molecule has 0 unspecified atom stereocenters. The summed E-state index contributed by atoms with van der Waals surface area (Å²) < 4.78 is 4.81. The molecule has 10 aromatic carbocycles. The number of fused-ring (bicyclic) bond motifs is 6. The number of benzene rings is 10. The Balaban J connectivity index is 1.13. The zero-order valence-electron chi connectivity index (χ0n) is 36.9. The van der Waals surface area contributed by atoms with E-state index in [0.29, 0.717) is 17.5 Å². The van der Waals surface area contributed by atoms with Crippen LogP contribution in [0.5, 0.6) is 0 Å². The number of hydrogen-bond donors (Lipinski definition) is 0. The lowest BCUT2D eigenvalue weighted by molar-refractivity contribution is 1.06. The topological polar surface area (TPSA) is 48.5 Å². The molecular formula is C63H41N5. The first-order valence-corrected chi connectivity index (χ1v) is 23.0. The molecular weight excluding hydrogens is 827 g/mol. The summed E-state index contributed by atoms with van der Waals surface area (Å²) in [6, 6.07) is 88.3. The maximum Gasteiger partial charge on any atom is 0.166 e. The second-order valence-electron chi connectivity index (χ2n) is 17.2. The van der Waals surface area contributed by atoms with E-state index in [-0.39, 0.29) is 0 Å². The van der Waals surface area contributed by atoms with Crippen molar-refractivity contribution in [3.05, 3.63) is 249 Å². The van der Waals surface area contributed by atoms with Crippen molar-refractivity contribution in [3.8, 4) is 78.9 Å². The van der Waals surface area contributed by atoms with Crippen LogP contribution in [0.4, 0.5) is 0 Å². The van der Waals surface area contributed by atoms with Gasteiger partial charge in [0.15, 0.2) is 17.5 Å². The third-order valence-corrected chi connectivity index (χ3v) is 13.2. The van der Waals surface area contributed by atoms with E-state index in [4.69, 9.17) is 15.0 Å². The van der Waals surface area contributed by atoms with Gasteiger partial charge in [-0.15, -0.1) is 0 Å². The van der Waals surface area contributed by atoms with Gasteiger partial charge in [0.1, 0.15) is 0 Å². The fourth-order valence-corrected chi connectivity index (χ4v) is 10.0. The molecule has 0 radical (unpaired) electrons. The van der Waals surface area contributed by atoms with Crippen LogP contribution in [0.15, 0.2) is 249 Å². The third-order valence-electron chi connectivity index (χ3n) is 13.2. The molecule has 0 aliphatic carbocycles. The average Bonchev–Trinajstić information content (AvgIpc) is 3.94. The van der Waals surface area contributed by atoms with Gasteiger partial charge < -0.3 is 9.13 Å². The molecule has 3 heterocycles. The van der Waals surface area contributed by atoms with E-state index in [0.717, 1.165) is 83.2 Å². The molecule has 0 spiro atoms. The van der Waals surface area contributed by atoms with Crippen LogP contribution in [-0.2, 0) is 0 Å². The molecule has 0 aliphatic heterocycles. The Labute approximate surface area is 393 Å². The highest BCUT2D eigenvalue weighted by Gasteiger charge is 2.23. The van der Waals surface area contributed by atoms with Gasteiger partial charge in [0.2, 0.25) is 0 Å². The highest BCUT2D eigenvalue weighted by Crippen LogP contribution is 2.43. The summed E-state index contributed by atoms with van der Waals surface area (Å²) in [6.45, 7) is 0. The lowest BCUT2D eigenvalue weighted by Crippen LogP contribution is -2.04. The van der Waals surface area contributed by atoms with Gasteiger partial charge in [-0.05, 0) is 82.4 Å². The summed E-state index contributed by atoms with van der Waals surface area (Å²) in [4.78, 5) is 15.9. The molecule has 68 heavy (non-hydrogen) atoms. The van der Waals surface area contributed by atoms with E-state index in [9.17, 15) is 0 Å². The fourth-order valence-electron chi connectivity index (χ4n) is 10.0. The number of hydrogen-bond acceptors (Lipinski definition) is 3. The van der Waals surface area contributed by atoms with Gasteiger partial charge in [-0.2, -0.15) is 0 Å². The van der Waals surface area contributed by atoms with Crippen molar-refractivity contribution >= 4 is 43.6 Å². The Kier molecular flexibility index (Phi) is 9.43. The zero-order chi connectivity index (χ0) is 45.0. The molecule has 0 N–H and O–H groups in total. The lowest BCUT2D eigenvalue weighted by atomic mass is 9.98. The van der Waals surface area contributed by atoms with Gasteiger partial charge >= 0.3 is 0 Å². The van der Waals surface area contributed by atoms with Gasteiger partial charge in [0, 0.05) is 49.5 Å². The first-order chi connectivity index (χ1) is 33.7. The van der Waals surface area contributed by atoms with Crippen LogP contribution in [0.3, 0.4) is 0 Å². The normalized spacial score (nSPS) is 11.5. The monoisotopic (exact) mass is 867 g/mol. The minimum Gasteiger partial charge on any atom is -0.309 e. The van der Waals surface area contributed by atoms with E-state index in [1.165, 1.54) is 21.9 Å². The Morgan fingerprint density at radius 3 is 1.28 bits per heavy atom. The van der Waals surface area contributed by atoms with Crippen molar-refractivity contribution in [2.24, 2.45) is 0 Å². The Bertz CT molecular complexity index is 3840. The molecule has 13 rings (SSSR count). The zero-order valence-corrected chi connectivity index (χ0v) is 36.9. The molecule has 0 saturated heterocycles. The maximum absolute atomic E-state index is 5.39. The quantitative estimate of drug-likeness (QED) is 0.153. The average molecular weight is 868 g/mol. The Morgan fingerprint density at radius 2 is 0.706 bits per heavy atom. The van der Waals surface area contributed by atoms with Crippen molar-refractivity contribution in [2.45, 2.75) is 0 Å². The highest BCUT2D eigenvalue weighted by atomic mass is 15.1. The van der Waals surface area contributed by atoms with E-state index >= 15 is 0 Å². The van der Waals surface area contributed by atoms with E-state index in [2.05, 4.69) is 221 Å². The maximum atomic E-state index is 5.39. The summed E-state index contributed by atoms with van der Waals surface area (Å²) in [6.07, 6.45) is 0. The summed E-state index contributed by atoms with van der Waals surface area (Å²) in [5, 5.41) is 4.72. The van der Waals surface area contributed by atoms with Crippen molar-refractivity contribution in [2.75, 3.05) is 0 Å². The largest absolute Gasteiger partial charge is 0.309 e. The van der Waals surface area contributed by atoms with Crippen molar-refractivity contribution in [1.29, 1.82) is 0 Å². The molecule has 13 aromatic rings. The molecule has 0 saturated carbocycles. The Morgan fingerprint density at radius 1 is 0.250 bits per heavy atom. The predicted molar refractivity (Wildman–Crippen MR) is 281 cm³/mol. The van der Waals surface area contributed by atoms with Crippen LogP contribution in [0.1, 0.15) is 0 Å². The standard InChI is InChI=1S/C63H41N5/c1-6-19-42(20-7-1)46-33-36-57-53(39-46)54-40-47(43-21-8-2-9-22-43)34-37-58(54)68(57)59-38-35-48(50-30-18-31-52-51-29-16-17-32-56(51)67(60(50)52)49-27-14-5-15-28-49)41-55(59)63-65-61(44-23-10-3-11-24-44)64-62(66-63)45-25-12-4-13-26-45/h1-41H. The van der Waals surface area contributed by atoms with Crippen LogP contribution < -0.4 is 0 Å². The second kappa shape index (κ2) is 16.4. The molecule has 0 atom stereocenters. The third kappa shape index (κ3) is 6.68. The molecule has 0 bridgehead atoms. The molecule has 5 heteroatoms. The van der Waals surface area contributed by atoms with Gasteiger partial charge in [0.05, 0.1) is 27.8 Å². The van der Waals surface area contributed by atoms with Crippen LogP contribution in [-0.4, -0.2) is 24.1 Å². The first kappa shape index (κ1) is 39.2. The number of rotatable bonds is 8. The SMILES string of the molecule is c1ccc(-c2ccc3c(c2)c2cc(-c4ccccc4)ccc2n3-c2ccc(-c3cccc4c5ccccc5n(-c5ccccc5)c34)cc2-c2nc(-c3ccccc3)nc(-c3ccccc3)n2)cc1. The highest BCUT2D eigenvalue weighted by molar-refractivity contribution is 6.15. The van der Waals surface area contributed by atoms with Crippen LogP contribution in [0.25, 0.3) is 123 Å². The fraction of sp³-hybridized carbons (Fsp3) is 0. The van der Waals surface area contributed by atoms with E-state index in [1.807, 2.05) is 36.4 Å². The van der Waals surface area contributed by atoms with Crippen molar-refractivity contribution in [3.63, 3.8) is 0 Å². The number of aromatic nitrogens is 5. The van der Waals surface area contributed by atoms with Crippen molar-refractivity contribution in [1.82, 2.24) is 24.1 Å². The number of nitrogens with zero attached hydrogens (tertiary/aromatic N) is 5. The Hall–Kier alpha value is -9.19. The summed E-state index contributed by atoms with van der Waals surface area (Å²) in [5.41, 5.74) is 16.1. The second-order valence-corrected chi connectivity index (χ2v) is 17.2. The summed E-state index contributed by atoms with van der Waals surface area (Å²) in [5.74, 6) is 1.81.